The van der Waals surface area contributed by atoms with Crippen LogP contribution in [0.5, 0.6) is 11.5 Å². The van der Waals surface area contributed by atoms with Crippen LogP contribution in [-0.2, 0) is 22.7 Å². The Morgan fingerprint density at radius 2 is 1.14 bits per heavy atom. The first-order chi connectivity index (χ1) is 10.5. The van der Waals surface area contributed by atoms with Crippen molar-refractivity contribution in [3.05, 3.63) is 47.5 Å². The Kier molecular flexibility index (Phi) is 7.01. The molecule has 2 aromatic rings. The molecule has 6 nitrogen and oxygen atoms in total. The number of nitrogen functional groups attached to an aromatic ring is 2. The average Bonchev–Trinajstić information content (AvgIpc) is 2.48. The average molecular weight is 306 g/mol. The van der Waals surface area contributed by atoms with Crippen LogP contribution in [0.15, 0.2) is 36.4 Å². The number of nitrogens with two attached hydrogens (primary N) is 2. The van der Waals surface area contributed by atoms with Crippen molar-refractivity contribution in [2.75, 3.05) is 25.7 Å². The molecule has 2 aromatic carbocycles. The second-order valence-corrected chi connectivity index (χ2v) is 4.64. The second kappa shape index (κ2) is 8.76. The number of ether oxygens (including phenoxy) is 2. The Bertz CT molecular complexity index is 549. The highest BCUT2D eigenvalue weighted by molar-refractivity contribution is 5.47. The maximum absolute atomic E-state index is 9.23. The van der Waals surface area contributed by atoms with Crippen molar-refractivity contribution in [2.24, 2.45) is 0 Å². The lowest BCUT2D eigenvalue weighted by Gasteiger charge is -2.03. The molecule has 0 heterocycles. The molecule has 0 aromatic heterocycles. The van der Waals surface area contributed by atoms with Gasteiger partial charge in [-0.3, -0.25) is 0 Å². The molecule has 0 unspecified atom stereocenters. The minimum absolute atomic E-state index is 0.223. The third kappa shape index (κ3) is 5.51. The predicted octanol–water partition coefficient (Wildman–Crippen LogP) is 2.24. The maximum atomic E-state index is 9.23. The van der Waals surface area contributed by atoms with E-state index in [0.717, 1.165) is 0 Å². The van der Waals surface area contributed by atoms with E-state index in [2.05, 4.69) is 0 Å². The van der Waals surface area contributed by atoms with Crippen molar-refractivity contribution in [3.8, 4) is 11.5 Å². The first-order valence-electron chi connectivity index (χ1n) is 6.60. The fourth-order valence-corrected chi connectivity index (χ4v) is 1.75. The van der Waals surface area contributed by atoms with Gasteiger partial charge in [0.1, 0.15) is 11.5 Å². The van der Waals surface area contributed by atoms with Crippen LogP contribution < -0.4 is 11.5 Å². The Hall–Kier alpha value is -2.44. The van der Waals surface area contributed by atoms with Crippen molar-refractivity contribution < 1.29 is 19.7 Å². The number of hydrogen-bond acceptors (Lipinski definition) is 6. The van der Waals surface area contributed by atoms with Crippen LogP contribution in [-0.4, -0.2) is 24.4 Å². The van der Waals surface area contributed by atoms with E-state index < -0.39 is 0 Å². The maximum Gasteiger partial charge on any atom is 0.121 e. The number of benzene rings is 2. The van der Waals surface area contributed by atoms with Crippen LogP contribution in [0, 0.1) is 0 Å². The quantitative estimate of drug-likeness (QED) is 0.509. The molecular weight excluding hydrogens is 284 g/mol. The molecule has 0 aliphatic heterocycles. The van der Waals surface area contributed by atoms with Gasteiger partial charge < -0.3 is 31.2 Å². The summed E-state index contributed by atoms with van der Waals surface area (Å²) in [4.78, 5) is 0. The van der Waals surface area contributed by atoms with E-state index in [9.17, 15) is 10.2 Å². The highest BCUT2D eigenvalue weighted by Gasteiger charge is 2.00. The van der Waals surface area contributed by atoms with Gasteiger partial charge in [0.25, 0.3) is 0 Å². The van der Waals surface area contributed by atoms with Gasteiger partial charge in [-0.2, -0.15) is 0 Å². The number of methoxy groups -OCH3 is 2. The number of hydrogen-bond donors (Lipinski definition) is 4. The van der Waals surface area contributed by atoms with E-state index in [1.165, 1.54) is 0 Å². The summed E-state index contributed by atoms with van der Waals surface area (Å²) >= 11 is 0. The minimum atomic E-state index is 0.223. The molecule has 0 saturated heterocycles. The lowest BCUT2D eigenvalue weighted by atomic mass is 10.2. The van der Waals surface area contributed by atoms with Crippen LogP contribution in [0.3, 0.4) is 0 Å². The zero-order valence-electron chi connectivity index (χ0n) is 12.7. The largest absolute Gasteiger partial charge is 0.508 e. The summed E-state index contributed by atoms with van der Waals surface area (Å²) in [6.07, 6.45) is 0. The Morgan fingerprint density at radius 1 is 0.773 bits per heavy atom. The van der Waals surface area contributed by atoms with Gasteiger partial charge in [-0.1, -0.05) is 0 Å². The number of aromatic hydroxyl groups is 2. The number of rotatable bonds is 4. The molecule has 120 valence electrons. The molecule has 0 atom stereocenters. The summed E-state index contributed by atoms with van der Waals surface area (Å²) in [6, 6.07) is 9.80. The predicted molar refractivity (Wildman–Crippen MR) is 86.5 cm³/mol. The SMILES string of the molecule is COCc1cc(N)ccc1O.COCc1cc(N)ccc1O. The molecule has 0 aliphatic carbocycles. The summed E-state index contributed by atoms with van der Waals surface area (Å²) < 4.78 is 9.70. The van der Waals surface area contributed by atoms with E-state index >= 15 is 0 Å². The van der Waals surface area contributed by atoms with Crippen molar-refractivity contribution in [3.63, 3.8) is 0 Å². The molecule has 6 heteroatoms. The van der Waals surface area contributed by atoms with E-state index in [4.69, 9.17) is 20.9 Å². The van der Waals surface area contributed by atoms with Gasteiger partial charge in [-0.15, -0.1) is 0 Å². The van der Waals surface area contributed by atoms with Gasteiger partial charge in [0.05, 0.1) is 13.2 Å². The summed E-state index contributed by atoms with van der Waals surface area (Å²) in [5.74, 6) is 0.446. The van der Waals surface area contributed by atoms with E-state index in [-0.39, 0.29) is 11.5 Å². The third-order valence-electron chi connectivity index (χ3n) is 2.81. The minimum Gasteiger partial charge on any atom is -0.508 e. The van der Waals surface area contributed by atoms with E-state index in [1.54, 1.807) is 50.6 Å². The van der Waals surface area contributed by atoms with Crippen molar-refractivity contribution in [2.45, 2.75) is 13.2 Å². The Morgan fingerprint density at radius 3 is 1.45 bits per heavy atom. The first kappa shape index (κ1) is 17.6. The van der Waals surface area contributed by atoms with E-state index in [1.807, 2.05) is 0 Å². The molecular formula is C16H22N2O4. The summed E-state index contributed by atoms with van der Waals surface area (Å²) in [5, 5.41) is 18.5. The zero-order chi connectivity index (χ0) is 16.5. The number of phenols is 2. The van der Waals surface area contributed by atoms with Crippen molar-refractivity contribution in [1.82, 2.24) is 0 Å². The molecule has 0 bridgehead atoms. The molecule has 0 aliphatic rings. The molecule has 0 amide bonds. The monoisotopic (exact) mass is 306 g/mol. The third-order valence-corrected chi connectivity index (χ3v) is 2.81. The van der Waals surface area contributed by atoms with Gasteiger partial charge in [0, 0.05) is 36.7 Å². The van der Waals surface area contributed by atoms with Crippen LogP contribution in [0.4, 0.5) is 11.4 Å². The number of anilines is 2. The van der Waals surface area contributed by atoms with Crippen molar-refractivity contribution >= 4 is 11.4 Å². The van der Waals surface area contributed by atoms with Crippen LogP contribution in [0.2, 0.25) is 0 Å². The standard InChI is InChI=1S/2C8H11NO2/c2*1-11-5-6-4-7(9)2-3-8(6)10/h2*2-4,10H,5,9H2,1H3. The van der Waals surface area contributed by atoms with Crippen molar-refractivity contribution in [1.29, 1.82) is 0 Å². The molecule has 0 fully saturated rings. The molecule has 0 saturated carbocycles. The summed E-state index contributed by atoms with van der Waals surface area (Å²) in [5.41, 5.74) is 13.7. The first-order valence-corrected chi connectivity index (χ1v) is 6.60. The Labute approximate surface area is 129 Å². The van der Waals surface area contributed by atoms with E-state index in [0.29, 0.717) is 35.7 Å². The lowest BCUT2D eigenvalue weighted by Crippen LogP contribution is -1.91. The normalized spacial score (nSPS) is 9.91. The summed E-state index contributed by atoms with van der Waals surface area (Å²) in [6.45, 7) is 0.772. The highest BCUT2D eigenvalue weighted by Crippen LogP contribution is 2.20. The van der Waals surface area contributed by atoms with Crippen LogP contribution >= 0.6 is 0 Å². The van der Waals surface area contributed by atoms with Gasteiger partial charge in [0.2, 0.25) is 0 Å². The number of phenolic OH excluding ortho intramolecular Hbond substituents is 2. The molecule has 2 rings (SSSR count). The van der Waals surface area contributed by atoms with Gasteiger partial charge in [-0.05, 0) is 36.4 Å². The highest BCUT2D eigenvalue weighted by atomic mass is 16.5. The van der Waals surface area contributed by atoms with Gasteiger partial charge >= 0.3 is 0 Å². The lowest BCUT2D eigenvalue weighted by molar-refractivity contribution is 0.182. The molecule has 0 radical (unpaired) electrons. The van der Waals surface area contributed by atoms with Gasteiger partial charge in [-0.25, -0.2) is 0 Å². The Balaban J connectivity index is 0.000000220. The fraction of sp³-hybridized carbons (Fsp3) is 0.250. The van der Waals surface area contributed by atoms with Gasteiger partial charge in [0.15, 0.2) is 0 Å². The smallest absolute Gasteiger partial charge is 0.121 e. The zero-order valence-corrected chi connectivity index (χ0v) is 12.7. The molecule has 22 heavy (non-hydrogen) atoms. The summed E-state index contributed by atoms with van der Waals surface area (Å²) in [7, 11) is 3.14. The second-order valence-electron chi connectivity index (χ2n) is 4.64. The molecule has 0 spiro atoms. The topological polar surface area (TPSA) is 111 Å². The van der Waals surface area contributed by atoms with Crippen LogP contribution in [0.25, 0.3) is 0 Å². The van der Waals surface area contributed by atoms with Crippen LogP contribution in [0.1, 0.15) is 11.1 Å². The fourth-order valence-electron chi connectivity index (χ4n) is 1.75. The molecule has 6 N–H and O–H groups in total.